The van der Waals surface area contributed by atoms with Crippen LogP contribution in [0.25, 0.3) is 0 Å². The van der Waals surface area contributed by atoms with Crippen molar-refractivity contribution < 1.29 is 9.47 Å². The van der Waals surface area contributed by atoms with Gasteiger partial charge in [0.05, 0.1) is 20.9 Å². The van der Waals surface area contributed by atoms with Crippen molar-refractivity contribution in [3.05, 3.63) is 23.8 Å². The molecule has 1 heterocycles. The molecule has 2 atom stereocenters. The molecule has 0 bridgehead atoms. The Labute approximate surface area is 241 Å². The zero-order valence-corrected chi connectivity index (χ0v) is 26.6. The van der Waals surface area contributed by atoms with Gasteiger partial charge in [-0.25, -0.2) is 0 Å². The first-order valence-electron chi connectivity index (χ1n) is 16.0. The van der Waals surface area contributed by atoms with Crippen LogP contribution < -0.4 is 20.1 Å². The molecule has 1 aromatic carbocycles. The third kappa shape index (κ3) is 12.4. The molecule has 0 amide bonds. The summed E-state index contributed by atoms with van der Waals surface area (Å²) >= 11 is 0. The minimum atomic E-state index is 0.120. The van der Waals surface area contributed by atoms with E-state index in [1.54, 1.807) is 14.2 Å². The maximum atomic E-state index is 5.45. The van der Waals surface area contributed by atoms with Crippen LogP contribution in [-0.4, -0.2) is 82.0 Å². The highest BCUT2D eigenvalue weighted by Gasteiger charge is 2.35. The molecule has 0 aliphatic carbocycles. The molecule has 6 heteroatoms. The number of nitrogens with zero attached hydrogens (tertiary/aromatic N) is 2. The molecule has 2 unspecified atom stereocenters. The zero-order chi connectivity index (χ0) is 28.5. The van der Waals surface area contributed by atoms with Crippen LogP contribution in [-0.2, 0) is 6.42 Å². The zero-order valence-electron chi connectivity index (χ0n) is 26.6. The van der Waals surface area contributed by atoms with Crippen LogP contribution >= 0.6 is 0 Å². The van der Waals surface area contributed by atoms with Gasteiger partial charge in [-0.3, -0.25) is 9.80 Å². The van der Waals surface area contributed by atoms with Crippen molar-refractivity contribution in [2.45, 2.75) is 97.9 Å². The van der Waals surface area contributed by atoms with Crippen LogP contribution in [0.15, 0.2) is 18.2 Å². The predicted octanol–water partition coefficient (Wildman–Crippen LogP) is 6.19. The number of methoxy groups -OCH3 is 2. The first kappa shape index (κ1) is 33.9. The molecule has 6 nitrogen and oxygen atoms in total. The van der Waals surface area contributed by atoms with Gasteiger partial charge in [-0.15, -0.1) is 0 Å². The fourth-order valence-corrected chi connectivity index (χ4v) is 6.19. The van der Waals surface area contributed by atoms with E-state index in [4.69, 9.17) is 9.47 Å². The van der Waals surface area contributed by atoms with E-state index in [0.717, 1.165) is 69.1 Å². The van der Waals surface area contributed by atoms with E-state index in [1.807, 2.05) is 6.07 Å². The van der Waals surface area contributed by atoms with Gasteiger partial charge in [-0.2, -0.15) is 0 Å². The van der Waals surface area contributed by atoms with E-state index >= 15 is 0 Å². The van der Waals surface area contributed by atoms with E-state index in [1.165, 1.54) is 70.0 Å². The highest BCUT2D eigenvalue weighted by atomic mass is 16.5. The second-order valence-corrected chi connectivity index (χ2v) is 12.2. The van der Waals surface area contributed by atoms with E-state index in [2.05, 4.69) is 67.2 Å². The van der Waals surface area contributed by atoms with Crippen LogP contribution in [0.5, 0.6) is 11.5 Å². The Bertz CT molecular complexity index is 748. The molecule has 1 saturated heterocycles. The summed E-state index contributed by atoms with van der Waals surface area (Å²) in [4.78, 5) is 5.52. The second kappa shape index (κ2) is 18.9. The maximum Gasteiger partial charge on any atom is 0.160 e. The number of rotatable bonds is 21. The lowest BCUT2D eigenvalue weighted by atomic mass is 9.93. The van der Waals surface area contributed by atoms with Gasteiger partial charge < -0.3 is 20.1 Å². The molecule has 0 aromatic heterocycles. The Hall–Kier alpha value is -1.34. The van der Waals surface area contributed by atoms with E-state index < -0.39 is 0 Å². The number of ether oxygens (including phenoxy) is 2. The molecule has 2 rings (SSSR count). The van der Waals surface area contributed by atoms with Crippen molar-refractivity contribution in [1.82, 2.24) is 20.4 Å². The summed E-state index contributed by atoms with van der Waals surface area (Å²) in [6.45, 7) is 20.7. The van der Waals surface area contributed by atoms with Crippen LogP contribution in [0.1, 0.15) is 91.5 Å². The molecule has 1 aliphatic heterocycles. The van der Waals surface area contributed by atoms with Gasteiger partial charge in [0.2, 0.25) is 0 Å². The van der Waals surface area contributed by atoms with Gasteiger partial charge in [-0.05, 0) is 62.3 Å². The average molecular weight is 547 g/mol. The summed E-state index contributed by atoms with van der Waals surface area (Å²) < 4.78 is 10.8. The van der Waals surface area contributed by atoms with Crippen molar-refractivity contribution in [3.63, 3.8) is 0 Å². The molecule has 1 aromatic rings. The number of hydrogen-bond acceptors (Lipinski definition) is 6. The molecule has 39 heavy (non-hydrogen) atoms. The SMILES string of the molecule is CCCCC(CC)CN1CN(CC(CC)CCCC)CC(C)(NCCNCCc2ccc(OC)c(OC)c2)C1. The van der Waals surface area contributed by atoms with Crippen LogP contribution in [0.3, 0.4) is 0 Å². The summed E-state index contributed by atoms with van der Waals surface area (Å²) in [7, 11) is 3.38. The summed E-state index contributed by atoms with van der Waals surface area (Å²) in [5.74, 6) is 3.22. The fraction of sp³-hybridized carbons (Fsp3) is 0.818. The lowest BCUT2D eigenvalue weighted by molar-refractivity contribution is 0.00520. The van der Waals surface area contributed by atoms with Crippen molar-refractivity contribution in [2.24, 2.45) is 11.8 Å². The van der Waals surface area contributed by atoms with Gasteiger partial charge in [0.1, 0.15) is 0 Å². The average Bonchev–Trinajstić information content (AvgIpc) is 2.94. The standard InChI is InChI=1S/C33H62N4O2/c1-8-12-14-28(10-3)23-36-25-33(5,26-37(27-36)24-29(11-4)15-13-9-2)35-21-20-34-19-18-30-16-17-31(38-6)32(22-30)39-7/h16-17,22,28-29,34-35H,8-15,18-21,23-27H2,1-7H3. The molecule has 0 saturated carbocycles. The van der Waals surface area contributed by atoms with Gasteiger partial charge in [0, 0.05) is 44.8 Å². The Morgan fingerprint density at radius 2 is 1.41 bits per heavy atom. The normalized spacial score (nSPS) is 20.2. The minimum absolute atomic E-state index is 0.120. The van der Waals surface area contributed by atoms with E-state index in [0.29, 0.717) is 0 Å². The largest absolute Gasteiger partial charge is 0.493 e. The Morgan fingerprint density at radius 3 is 1.92 bits per heavy atom. The summed E-state index contributed by atoms with van der Waals surface area (Å²) in [6.07, 6.45) is 11.6. The summed E-state index contributed by atoms with van der Waals surface area (Å²) in [5, 5.41) is 7.62. The smallest absolute Gasteiger partial charge is 0.160 e. The third-order valence-electron chi connectivity index (χ3n) is 8.56. The van der Waals surface area contributed by atoms with Crippen molar-refractivity contribution in [1.29, 1.82) is 0 Å². The summed E-state index contributed by atoms with van der Waals surface area (Å²) in [6, 6.07) is 6.20. The van der Waals surface area contributed by atoms with Gasteiger partial charge in [0.25, 0.3) is 0 Å². The van der Waals surface area contributed by atoms with E-state index in [-0.39, 0.29) is 5.54 Å². The highest BCUT2D eigenvalue weighted by Crippen LogP contribution is 2.27. The molecule has 226 valence electrons. The molecule has 1 fully saturated rings. The van der Waals surface area contributed by atoms with Crippen molar-refractivity contribution >= 4 is 0 Å². The fourth-order valence-electron chi connectivity index (χ4n) is 6.19. The molecular formula is C33H62N4O2. The quantitative estimate of drug-likeness (QED) is 0.179. The number of benzene rings is 1. The monoisotopic (exact) mass is 546 g/mol. The van der Waals surface area contributed by atoms with Crippen LogP contribution in [0.2, 0.25) is 0 Å². The van der Waals surface area contributed by atoms with Gasteiger partial charge in [-0.1, -0.05) is 72.3 Å². The first-order valence-corrected chi connectivity index (χ1v) is 16.0. The number of unbranched alkanes of at least 4 members (excludes halogenated alkanes) is 2. The highest BCUT2D eigenvalue weighted by molar-refractivity contribution is 5.42. The van der Waals surface area contributed by atoms with Crippen LogP contribution in [0.4, 0.5) is 0 Å². The topological polar surface area (TPSA) is 49.0 Å². The Morgan fingerprint density at radius 1 is 0.821 bits per heavy atom. The van der Waals surface area contributed by atoms with Crippen molar-refractivity contribution in [3.8, 4) is 11.5 Å². The molecule has 1 aliphatic rings. The summed E-state index contributed by atoms with van der Waals surface area (Å²) in [5.41, 5.74) is 1.38. The minimum Gasteiger partial charge on any atom is -0.493 e. The van der Waals surface area contributed by atoms with E-state index in [9.17, 15) is 0 Å². The van der Waals surface area contributed by atoms with Gasteiger partial charge in [0.15, 0.2) is 11.5 Å². The van der Waals surface area contributed by atoms with Crippen LogP contribution in [0, 0.1) is 11.8 Å². The predicted molar refractivity (Wildman–Crippen MR) is 167 cm³/mol. The Kier molecular flexibility index (Phi) is 16.4. The molecule has 0 spiro atoms. The maximum absolute atomic E-state index is 5.45. The second-order valence-electron chi connectivity index (χ2n) is 12.2. The lowest BCUT2D eigenvalue weighted by Gasteiger charge is -2.48. The Balaban J connectivity index is 1.90. The van der Waals surface area contributed by atoms with Crippen molar-refractivity contribution in [2.75, 3.05) is 66.7 Å². The van der Waals surface area contributed by atoms with Gasteiger partial charge >= 0.3 is 0 Å². The number of hydrogen-bond donors (Lipinski definition) is 2. The lowest BCUT2D eigenvalue weighted by Crippen LogP contribution is -2.65. The molecule has 2 N–H and O–H groups in total. The first-order chi connectivity index (χ1) is 18.9. The molecule has 0 radical (unpaired) electrons. The third-order valence-corrected chi connectivity index (χ3v) is 8.56. The number of nitrogens with one attached hydrogen (secondary N) is 2. The molecular weight excluding hydrogens is 484 g/mol.